The minimum Gasteiger partial charge on any atom is -0.493 e. The van der Waals surface area contributed by atoms with Crippen LogP contribution in [0, 0.1) is 12.3 Å². The molecule has 0 fully saturated rings. The molecule has 0 saturated carbocycles. The van der Waals surface area contributed by atoms with Crippen molar-refractivity contribution >= 4 is 6.21 Å². The summed E-state index contributed by atoms with van der Waals surface area (Å²) in [6.45, 7) is 0.383. The Bertz CT molecular complexity index is 391. The standard InChI is InChI=1S/C12H13NO2/c1-4-7-13-9-10-5-6-11(14-2)12(8-10)15-3/h1,5-6,8-9H,7H2,2-3H3. The topological polar surface area (TPSA) is 30.8 Å². The number of nitrogens with zero attached hydrogens (tertiary/aromatic N) is 1. The Hall–Kier alpha value is -1.95. The molecule has 0 aromatic heterocycles. The van der Waals surface area contributed by atoms with E-state index in [9.17, 15) is 0 Å². The maximum absolute atomic E-state index is 5.16. The second kappa shape index (κ2) is 5.71. The summed E-state index contributed by atoms with van der Waals surface area (Å²) in [5.41, 5.74) is 0.933. The summed E-state index contributed by atoms with van der Waals surface area (Å²) in [5, 5.41) is 0. The van der Waals surface area contributed by atoms with E-state index in [1.54, 1.807) is 20.4 Å². The van der Waals surface area contributed by atoms with E-state index < -0.39 is 0 Å². The van der Waals surface area contributed by atoms with Crippen molar-refractivity contribution in [1.82, 2.24) is 0 Å². The van der Waals surface area contributed by atoms with Gasteiger partial charge in [-0.05, 0) is 23.8 Å². The molecule has 0 atom stereocenters. The molecule has 15 heavy (non-hydrogen) atoms. The Balaban J connectivity index is 2.89. The molecule has 0 radical (unpaired) electrons. The molecule has 0 heterocycles. The first-order valence-corrected chi connectivity index (χ1v) is 4.47. The summed E-state index contributed by atoms with van der Waals surface area (Å²) in [6.07, 6.45) is 6.80. The average molecular weight is 203 g/mol. The predicted octanol–water partition coefficient (Wildman–Crippen LogP) is 1.76. The summed E-state index contributed by atoms with van der Waals surface area (Å²) in [6, 6.07) is 5.57. The van der Waals surface area contributed by atoms with E-state index in [-0.39, 0.29) is 0 Å². The minimum atomic E-state index is 0.383. The molecular formula is C12H13NO2. The Kier molecular flexibility index (Phi) is 4.24. The van der Waals surface area contributed by atoms with Gasteiger partial charge >= 0.3 is 0 Å². The van der Waals surface area contributed by atoms with Crippen molar-refractivity contribution in [2.75, 3.05) is 20.8 Å². The van der Waals surface area contributed by atoms with Gasteiger partial charge in [-0.1, -0.05) is 5.92 Å². The van der Waals surface area contributed by atoms with E-state index in [1.807, 2.05) is 18.2 Å². The van der Waals surface area contributed by atoms with Gasteiger partial charge in [-0.2, -0.15) is 0 Å². The van der Waals surface area contributed by atoms with Crippen LogP contribution in [-0.2, 0) is 0 Å². The Labute approximate surface area is 89.7 Å². The normalized spacial score (nSPS) is 9.93. The quantitative estimate of drug-likeness (QED) is 0.551. The molecule has 1 aromatic carbocycles. The van der Waals surface area contributed by atoms with Crippen molar-refractivity contribution in [3.63, 3.8) is 0 Å². The highest BCUT2D eigenvalue weighted by molar-refractivity contribution is 5.81. The number of methoxy groups -OCH3 is 2. The Morgan fingerprint density at radius 2 is 2.07 bits per heavy atom. The van der Waals surface area contributed by atoms with Gasteiger partial charge in [-0.3, -0.25) is 4.99 Å². The zero-order valence-corrected chi connectivity index (χ0v) is 8.86. The summed E-state index contributed by atoms with van der Waals surface area (Å²) in [4.78, 5) is 4.03. The molecule has 1 rings (SSSR count). The lowest BCUT2D eigenvalue weighted by atomic mass is 10.2. The van der Waals surface area contributed by atoms with Gasteiger partial charge in [0.25, 0.3) is 0 Å². The number of ether oxygens (including phenoxy) is 2. The lowest BCUT2D eigenvalue weighted by molar-refractivity contribution is 0.355. The molecular weight excluding hydrogens is 190 g/mol. The van der Waals surface area contributed by atoms with Gasteiger partial charge < -0.3 is 9.47 Å². The zero-order valence-electron chi connectivity index (χ0n) is 8.86. The lowest BCUT2D eigenvalue weighted by Crippen LogP contribution is -1.92. The van der Waals surface area contributed by atoms with Crippen LogP contribution in [0.4, 0.5) is 0 Å². The molecule has 78 valence electrons. The lowest BCUT2D eigenvalue weighted by Gasteiger charge is -2.07. The van der Waals surface area contributed by atoms with Crippen molar-refractivity contribution in [2.24, 2.45) is 4.99 Å². The Morgan fingerprint density at radius 3 is 2.67 bits per heavy atom. The van der Waals surface area contributed by atoms with Crippen molar-refractivity contribution in [3.05, 3.63) is 23.8 Å². The third-order valence-electron chi connectivity index (χ3n) is 1.83. The van der Waals surface area contributed by atoms with Crippen molar-refractivity contribution < 1.29 is 9.47 Å². The van der Waals surface area contributed by atoms with E-state index in [2.05, 4.69) is 10.9 Å². The Morgan fingerprint density at radius 1 is 1.33 bits per heavy atom. The van der Waals surface area contributed by atoms with Crippen molar-refractivity contribution in [2.45, 2.75) is 0 Å². The smallest absolute Gasteiger partial charge is 0.161 e. The molecule has 0 unspecified atom stereocenters. The molecule has 0 saturated heterocycles. The van der Waals surface area contributed by atoms with Gasteiger partial charge in [0.15, 0.2) is 11.5 Å². The first-order valence-electron chi connectivity index (χ1n) is 4.47. The van der Waals surface area contributed by atoms with E-state index in [1.165, 1.54) is 0 Å². The highest BCUT2D eigenvalue weighted by atomic mass is 16.5. The van der Waals surface area contributed by atoms with E-state index in [0.717, 1.165) is 5.56 Å². The second-order valence-corrected chi connectivity index (χ2v) is 2.79. The fraction of sp³-hybridized carbons (Fsp3) is 0.250. The number of hydrogen-bond donors (Lipinski definition) is 0. The van der Waals surface area contributed by atoms with Crippen molar-refractivity contribution in [3.8, 4) is 23.8 Å². The van der Waals surface area contributed by atoms with Gasteiger partial charge in [0.1, 0.15) is 0 Å². The van der Waals surface area contributed by atoms with Crippen molar-refractivity contribution in [1.29, 1.82) is 0 Å². The molecule has 0 bridgehead atoms. The van der Waals surface area contributed by atoms with Crippen LogP contribution >= 0.6 is 0 Å². The number of hydrogen-bond acceptors (Lipinski definition) is 3. The van der Waals surface area contributed by atoms with Crippen LogP contribution in [0.1, 0.15) is 5.56 Å². The first kappa shape index (κ1) is 11.1. The molecule has 1 aromatic rings. The van der Waals surface area contributed by atoms with Gasteiger partial charge in [0, 0.05) is 6.21 Å². The SMILES string of the molecule is C#CCN=Cc1ccc(OC)c(OC)c1. The number of terminal acetylenes is 1. The third-order valence-corrected chi connectivity index (χ3v) is 1.83. The van der Waals surface area contributed by atoms with Gasteiger partial charge in [-0.25, -0.2) is 0 Å². The van der Waals surface area contributed by atoms with Gasteiger partial charge in [0.05, 0.1) is 20.8 Å². The molecule has 0 aliphatic carbocycles. The molecule has 0 N–H and O–H groups in total. The van der Waals surface area contributed by atoms with Crippen LogP contribution < -0.4 is 9.47 Å². The van der Waals surface area contributed by atoms with Gasteiger partial charge in [0.2, 0.25) is 0 Å². The van der Waals surface area contributed by atoms with Crippen LogP contribution in [0.15, 0.2) is 23.2 Å². The average Bonchev–Trinajstić information content (AvgIpc) is 2.29. The fourth-order valence-electron chi connectivity index (χ4n) is 1.14. The molecule has 0 spiro atoms. The molecule has 0 aliphatic rings. The summed E-state index contributed by atoms with van der Waals surface area (Å²) < 4.78 is 10.3. The van der Waals surface area contributed by atoms with Crippen LogP contribution in [0.5, 0.6) is 11.5 Å². The first-order chi connectivity index (χ1) is 7.31. The zero-order chi connectivity index (χ0) is 11.1. The largest absolute Gasteiger partial charge is 0.493 e. The minimum absolute atomic E-state index is 0.383. The predicted molar refractivity (Wildman–Crippen MR) is 60.8 cm³/mol. The highest BCUT2D eigenvalue weighted by Gasteiger charge is 2.02. The van der Waals surface area contributed by atoms with Gasteiger partial charge in [-0.15, -0.1) is 6.42 Å². The molecule has 3 heteroatoms. The number of aliphatic imine (C=N–C) groups is 1. The van der Waals surface area contributed by atoms with Crippen LogP contribution in [-0.4, -0.2) is 27.0 Å². The number of rotatable bonds is 4. The second-order valence-electron chi connectivity index (χ2n) is 2.79. The van der Waals surface area contributed by atoms with Crippen LogP contribution in [0.2, 0.25) is 0 Å². The summed E-state index contributed by atoms with van der Waals surface area (Å²) in [7, 11) is 3.20. The summed E-state index contributed by atoms with van der Waals surface area (Å²) in [5.74, 6) is 3.82. The fourth-order valence-corrected chi connectivity index (χ4v) is 1.14. The highest BCUT2D eigenvalue weighted by Crippen LogP contribution is 2.26. The summed E-state index contributed by atoms with van der Waals surface area (Å²) >= 11 is 0. The van der Waals surface area contributed by atoms with E-state index in [4.69, 9.17) is 15.9 Å². The molecule has 3 nitrogen and oxygen atoms in total. The molecule has 0 aliphatic heterocycles. The van der Waals surface area contributed by atoms with Crippen LogP contribution in [0.25, 0.3) is 0 Å². The number of benzene rings is 1. The van der Waals surface area contributed by atoms with E-state index >= 15 is 0 Å². The maximum Gasteiger partial charge on any atom is 0.161 e. The monoisotopic (exact) mass is 203 g/mol. The van der Waals surface area contributed by atoms with E-state index in [0.29, 0.717) is 18.0 Å². The third kappa shape index (κ3) is 3.03. The maximum atomic E-state index is 5.16. The molecule has 0 amide bonds. The van der Waals surface area contributed by atoms with Crippen LogP contribution in [0.3, 0.4) is 0 Å².